The number of nitrogens with zero attached hydrogens (tertiary/aromatic N) is 3. The lowest BCUT2D eigenvalue weighted by atomic mass is 9.77. The second kappa shape index (κ2) is 5.70. The van der Waals surface area contributed by atoms with Crippen molar-refractivity contribution in [1.82, 2.24) is 14.5 Å². The zero-order valence-electron chi connectivity index (χ0n) is 13.9. The fourth-order valence-electron chi connectivity index (χ4n) is 3.24. The van der Waals surface area contributed by atoms with Crippen molar-refractivity contribution in [3.05, 3.63) is 48.4 Å². The first-order chi connectivity index (χ1) is 12.2. The fraction of sp³-hybridized carbons (Fsp3) is 0.333. The highest BCUT2D eigenvalue weighted by atomic mass is 19.4. The molecule has 1 fully saturated rings. The number of fused-ring (bicyclic) bond motifs is 1. The van der Waals surface area contributed by atoms with Crippen LogP contribution in [0.25, 0.3) is 11.0 Å². The topological polar surface area (TPSA) is 60.2 Å². The number of aliphatic hydroxyl groups is 1. The molecule has 0 spiro atoms. The first-order valence-electron chi connectivity index (χ1n) is 8.11. The Hall–Kier alpha value is -2.61. The SMILES string of the molecule is C[C@]1(O)C[C@@H](n2cnc3ccc(Oc4ccc(C(F)(F)F)cn4)cc32)C1. The Bertz CT molecular complexity index is 940. The van der Waals surface area contributed by atoms with E-state index in [1.807, 2.05) is 4.57 Å². The van der Waals surface area contributed by atoms with Crippen molar-refractivity contribution in [3.8, 4) is 11.6 Å². The third kappa shape index (κ3) is 3.12. The van der Waals surface area contributed by atoms with Gasteiger partial charge in [0.1, 0.15) is 5.75 Å². The van der Waals surface area contributed by atoms with Crippen LogP contribution in [0.15, 0.2) is 42.9 Å². The van der Waals surface area contributed by atoms with Crippen LogP contribution >= 0.6 is 0 Å². The normalized spacial score (nSPS) is 23.0. The Balaban J connectivity index is 1.57. The summed E-state index contributed by atoms with van der Waals surface area (Å²) >= 11 is 0. The fourth-order valence-corrected chi connectivity index (χ4v) is 3.24. The predicted molar refractivity (Wildman–Crippen MR) is 87.9 cm³/mol. The quantitative estimate of drug-likeness (QED) is 0.753. The summed E-state index contributed by atoms with van der Waals surface area (Å²) in [6.07, 6.45) is -0.672. The van der Waals surface area contributed by atoms with E-state index in [2.05, 4.69) is 9.97 Å². The smallest absolute Gasteiger partial charge is 0.417 e. The molecule has 1 aromatic carbocycles. The van der Waals surface area contributed by atoms with Crippen LogP contribution in [0.5, 0.6) is 11.6 Å². The van der Waals surface area contributed by atoms with Crippen molar-refractivity contribution in [2.45, 2.75) is 37.6 Å². The van der Waals surface area contributed by atoms with Crippen LogP contribution in [0.1, 0.15) is 31.4 Å². The molecule has 0 atom stereocenters. The molecule has 26 heavy (non-hydrogen) atoms. The molecular formula is C18H16F3N3O2. The van der Waals surface area contributed by atoms with Gasteiger partial charge in [-0.2, -0.15) is 13.2 Å². The van der Waals surface area contributed by atoms with Crippen LogP contribution in [0, 0.1) is 0 Å². The molecule has 1 aliphatic carbocycles. The van der Waals surface area contributed by atoms with Crippen LogP contribution in [0.4, 0.5) is 13.2 Å². The molecule has 0 unspecified atom stereocenters. The number of ether oxygens (including phenoxy) is 1. The lowest BCUT2D eigenvalue weighted by molar-refractivity contribution is -0.137. The summed E-state index contributed by atoms with van der Waals surface area (Å²) in [7, 11) is 0. The molecule has 4 rings (SSSR count). The summed E-state index contributed by atoms with van der Waals surface area (Å²) in [5.41, 5.74) is 0.147. The van der Waals surface area contributed by atoms with Crippen LogP contribution in [0.2, 0.25) is 0 Å². The molecule has 136 valence electrons. The average Bonchev–Trinajstić information content (AvgIpc) is 2.95. The van der Waals surface area contributed by atoms with E-state index >= 15 is 0 Å². The molecule has 2 heterocycles. The number of imidazole rings is 1. The first-order valence-corrected chi connectivity index (χ1v) is 8.11. The highest BCUT2D eigenvalue weighted by molar-refractivity contribution is 5.77. The Labute approximate surface area is 147 Å². The van der Waals surface area contributed by atoms with E-state index in [1.165, 1.54) is 6.07 Å². The molecule has 0 amide bonds. The maximum Gasteiger partial charge on any atom is 0.417 e. The monoisotopic (exact) mass is 363 g/mol. The van der Waals surface area contributed by atoms with E-state index in [0.29, 0.717) is 18.6 Å². The van der Waals surface area contributed by atoms with Gasteiger partial charge in [0.15, 0.2) is 0 Å². The summed E-state index contributed by atoms with van der Waals surface area (Å²) in [4.78, 5) is 8.06. The molecule has 1 saturated carbocycles. The molecule has 0 aliphatic heterocycles. The molecule has 0 radical (unpaired) electrons. The summed E-state index contributed by atoms with van der Waals surface area (Å²) in [5, 5.41) is 9.94. The second-order valence-corrected chi connectivity index (χ2v) is 6.85. The zero-order chi connectivity index (χ0) is 18.5. The van der Waals surface area contributed by atoms with Gasteiger partial charge >= 0.3 is 6.18 Å². The minimum absolute atomic E-state index is 0.0787. The minimum atomic E-state index is -4.43. The lowest BCUT2D eigenvalue weighted by Gasteiger charge is -2.41. The number of hydrogen-bond donors (Lipinski definition) is 1. The molecule has 2 aromatic heterocycles. The van der Waals surface area contributed by atoms with Crippen molar-refractivity contribution >= 4 is 11.0 Å². The number of pyridine rings is 1. The van der Waals surface area contributed by atoms with Gasteiger partial charge < -0.3 is 14.4 Å². The van der Waals surface area contributed by atoms with Crippen LogP contribution in [-0.4, -0.2) is 25.2 Å². The van der Waals surface area contributed by atoms with Gasteiger partial charge in [-0.3, -0.25) is 0 Å². The van der Waals surface area contributed by atoms with Crippen molar-refractivity contribution in [2.75, 3.05) is 0 Å². The van der Waals surface area contributed by atoms with Gasteiger partial charge in [-0.15, -0.1) is 0 Å². The maximum atomic E-state index is 12.6. The molecule has 1 aliphatic rings. The number of hydrogen-bond acceptors (Lipinski definition) is 4. The van der Waals surface area contributed by atoms with Gasteiger partial charge in [0.2, 0.25) is 5.88 Å². The number of halogens is 3. The van der Waals surface area contributed by atoms with Crippen LogP contribution < -0.4 is 4.74 Å². The molecular weight excluding hydrogens is 347 g/mol. The zero-order valence-corrected chi connectivity index (χ0v) is 13.9. The van der Waals surface area contributed by atoms with Crippen molar-refractivity contribution in [2.24, 2.45) is 0 Å². The van der Waals surface area contributed by atoms with E-state index in [1.54, 1.807) is 31.5 Å². The molecule has 0 bridgehead atoms. The molecule has 0 saturated heterocycles. The Morgan fingerprint density at radius 2 is 1.96 bits per heavy atom. The third-order valence-corrected chi connectivity index (χ3v) is 4.58. The summed E-state index contributed by atoms with van der Waals surface area (Å²) < 4.78 is 45.3. The van der Waals surface area contributed by atoms with Gasteiger partial charge in [-0.1, -0.05) is 0 Å². The van der Waals surface area contributed by atoms with Crippen molar-refractivity contribution < 1.29 is 23.0 Å². The van der Waals surface area contributed by atoms with E-state index in [9.17, 15) is 18.3 Å². The average molecular weight is 363 g/mol. The Morgan fingerprint density at radius 1 is 1.19 bits per heavy atom. The molecule has 1 N–H and O–H groups in total. The third-order valence-electron chi connectivity index (χ3n) is 4.58. The number of aromatic nitrogens is 3. The summed E-state index contributed by atoms with van der Waals surface area (Å²) in [6.45, 7) is 1.80. The van der Waals surface area contributed by atoms with E-state index in [0.717, 1.165) is 23.3 Å². The lowest BCUT2D eigenvalue weighted by Crippen LogP contribution is -2.41. The van der Waals surface area contributed by atoms with Gasteiger partial charge in [0.25, 0.3) is 0 Å². The highest BCUT2D eigenvalue weighted by Gasteiger charge is 2.39. The molecule has 3 aromatic rings. The predicted octanol–water partition coefficient (Wildman–Crippen LogP) is 4.33. The van der Waals surface area contributed by atoms with Gasteiger partial charge in [0, 0.05) is 24.4 Å². The van der Waals surface area contributed by atoms with Crippen LogP contribution in [-0.2, 0) is 6.18 Å². The Morgan fingerprint density at radius 3 is 2.58 bits per heavy atom. The van der Waals surface area contributed by atoms with Crippen molar-refractivity contribution in [1.29, 1.82) is 0 Å². The van der Waals surface area contributed by atoms with E-state index in [-0.39, 0.29) is 11.9 Å². The van der Waals surface area contributed by atoms with Crippen LogP contribution in [0.3, 0.4) is 0 Å². The van der Waals surface area contributed by atoms with Crippen molar-refractivity contribution in [3.63, 3.8) is 0 Å². The Kier molecular flexibility index (Phi) is 3.69. The maximum absolute atomic E-state index is 12.6. The number of rotatable bonds is 3. The largest absolute Gasteiger partial charge is 0.439 e. The van der Waals surface area contributed by atoms with E-state index in [4.69, 9.17) is 4.74 Å². The first kappa shape index (κ1) is 16.8. The van der Waals surface area contributed by atoms with Gasteiger partial charge in [0.05, 0.1) is 28.5 Å². The van der Waals surface area contributed by atoms with Gasteiger partial charge in [-0.05, 0) is 38.0 Å². The summed E-state index contributed by atoms with van der Waals surface area (Å²) in [6, 6.07) is 7.52. The molecule has 8 heteroatoms. The summed E-state index contributed by atoms with van der Waals surface area (Å²) in [5.74, 6) is 0.535. The standard InChI is InChI=1S/C18H16F3N3O2/c1-17(25)7-12(8-17)24-10-23-14-4-3-13(6-15(14)24)26-16-5-2-11(9-22-16)18(19,20)21/h2-6,9-10,12,25H,7-8H2,1H3/t12-,17+. The van der Waals surface area contributed by atoms with Gasteiger partial charge in [-0.25, -0.2) is 9.97 Å². The highest BCUT2D eigenvalue weighted by Crippen LogP contribution is 2.42. The second-order valence-electron chi connectivity index (χ2n) is 6.85. The number of alkyl halides is 3. The number of benzene rings is 1. The molecule has 5 nitrogen and oxygen atoms in total. The van der Waals surface area contributed by atoms with E-state index < -0.39 is 17.3 Å². The minimum Gasteiger partial charge on any atom is -0.439 e.